The molecule has 0 aliphatic rings. The molecule has 0 spiro atoms. The van der Waals surface area contributed by atoms with Crippen LogP contribution in [-0.4, -0.2) is 65.9 Å². The van der Waals surface area contributed by atoms with E-state index >= 15 is 0 Å². The molecule has 3 nitrogen and oxygen atoms in total. The Morgan fingerprint density at radius 1 is 0.164 bits per heavy atom. The van der Waals surface area contributed by atoms with Gasteiger partial charge < -0.3 is 31.7 Å². The summed E-state index contributed by atoms with van der Waals surface area (Å²) in [6.45, 7) is 46.4. The Morgan fingerprint density at radius 2 is 0.291 bits per heavy atom. The molecule has 0 rings (SSSR count). The van der Waals surface area contributed by atoms with Gasteiger partial charge in [0.05, 0.1) is 50.3 Å². The maximum Gasteiger partial charge on any atom is 0.0963 e. The van der Waals surface area contributed by atoms with Crippen molar-refractivity contribution in [1.82, 2.24) is 0 Å². The number of hydrogen-bond acceptors (Lipinski definition) is 0. The van der Waals surface area contributed by atoms with Gasteiger partial charge in [0.1, 0.15) is 0 Å². The number of unbranched alkanes of at least 4 members (excludes halogenated alkanes) is 65. The molecule has 0 aromatic rings. The van der Waals surface area contributed by atoms with E-state index in [-0.39, 0.29) is 17.0 Å². The number of quaternary nitrogens is 2. The van der Waals surface area contributed by atoms with Crippen LogP contribution in [0.5, 0.6) is 0 Å². The molecule has 0 aromatic carbocycles. The van der Waals surface area contributed by atoms with Gasteiger partial charge in [-0.15, -0.1) is 0 Å². The third-order valence-corrected chi connectivity index (χ3v) is 27.7. The lowest BCUT2D eigenvalue weighted by Crippen LogP contribution is -3.00. The molecule has 0 amide bonds. The molecule has 0 saturated carbocycles. The van der Waals surface area contributed by atoms with Crippen LogP contribution < -0.4 is 17.0 Å². The summed E-state index contributed by atoms with van der Waals surface area (Å²) in [6, 6.07) is 0. The third-order valence-electron chi connectivity index (χ3n) is 27.7. The van der Waals surface area contributed by atoms with Gasteiger partial charge in [-0.3, -0.25) is 0 Å². The molecular weight excluding hydrogens is 1400 g/mol. The van der Waals surface area contributed by atoms with Gasteiger partial charge in [-0.05, 0) is 130 Å². The first-order chi connectivity index (χ1) is 53.3. The van der Waals surface area contributed by atoms with Crippen LogP contribution in [0.2, 0.25) is 0 Å². The summed E-state index contributed by atoms with van der Waals surface area (Å²) in [4.78, 5) is 0. The first-order valence-corrected chi connectivity index (χ1v) is 52.7. The van der Waals surface area contributed by atoms with E-state index in [2.05, 4.69) is 104 Å². The average Bonchev–Trinajstić information content (AvgIpc) is 0.781. The zero-order chi connectivity index (χ0) is 80.7. The number of rotatable bonds is 90. The fourth-order valence-electron chi connectivity index (χ4n) is 19.5. The van der Waals surface area contributed by atoms with Crippen LogP contribution in [-0.2, 0) is 0 Å². The minimum Gasteiger partial charge on any atom is -1.00 e. The first-order valence-electron chi connectivity index (χ1n) is 52.7. The molecule has 0 aromatic heterocycles. The molecule has 0 saturated heterocycles. The van der Waals surface area contributed by atoms with Gasteiger partial charge in [0.25, 0.3) is 0 Å². The zero-order valence-corrected chi connectivity index (χ0v) is 82.0. The van der Waals surface area contributed by atoms with Crippen LogP contribution >= 0.6 is 0 Å². The summed E-state index contributed by atoms with van der Waals surface area (Å²) in [6.07, 6.45) is 115. The molecule has 0 radical (unpaired) electrons. The molecule has 668 valence electrons. The minimum atomic E-state index is 0. The van der Waals surface area contributed by atoms with Crippen LogP contribution in [0.4, 0.5) is 0 Å². The molecule has 2 atom stereocenters. The van der Waals surface area contributed by atoms with E-state index in [9.17, 15) is 0 Å². The predicted molar refractivity (Wildman–Crippen MR) is 506 cm³/mol. The van der Waals surface area contributed by atoms with Crippen LogP contribution in [0.1, 0.15) is 618 Å². The van der Waals surface area contributed by atoms with Crippen molar-refractivity contribution >= 4 is 0 Å². The predicted octanol–water partition coefficient (Wildman–Crippen LogP) is 35.9. The Labute approximate surface area is 713 Å². The van der Waals surface area contributed by atoms with Crippen molar-refractivity contribution in [2.24, 2.45) is 11.8 Å². The zero-order valence-electron chi connectivity index (χ0n) is 80.4. The second-order valence-electron chi connectivity index (χ2n) is 38.2. The average molecular weight is 1620 g/mol. The topological polar surface area (TPSA) is 23.8 Å². The minimum absolute atomic E-state index is 0. The van der Waals surface area contributed by atoms with Crippen molar-refractivity contribution in [1.29, 1.82) is 0 Å². The van der Waals surface area contributed by atoms with Gasteiger partial charge in [0.15, 0.2) is 0 Å². The van der Waals surface area contributed by atoms with Crippen LogP contribution in [0, 0.1) is 11.8 Å². The number of halogens is 1. The molecule has 0 aliphatic heterocycles. The molecule has 0 aliphatic carbocycles. The maximum atomic E-state index is 7.06. The lowest BCUT2D eigenvalue weighted by atomic mass is 9.76. The van der Waals surface area contributed by atoms with Gasteiger partial charge in [-0.1, -0.05) is 487 Å². The highest BCUT2D eigenvalue weighted by atomic mass is 79.9. The van der Waals surface area contributed by atoms with Crippen molar-refractivity contribution in [2.75, 3.05) is 45.8 Å². The molecule has 1 N–H and O–H groups in total. The van der Waals surface area contributed by atoms with Crippen molar-refractivity contribution < 1.29 is 25.9 Å². The lowest BCUT2D eigenvalue weighted by molar-refractivity contribution is -0.977. The van der Waals surface area contributed by atoms with Crippen molar-refractivity contribution in [3.63, 3.8) is 0 Å². The van der Waals surface area contributed by atoms with E-state index in [4.69, 9.17) is 5.73 Å². The summed E-state index contributed by atoms with van der Waals surface area (Å²) < 4.78 is 2.88. The Balaban J connectivity index is -0.000000836. The summed E-state index contributed by atoms with van der Waals surface area (Å²) in [7, 11) is 0. The Bertz CT molecular complexity index is 1410. The second kappa shape index (κ2) is 93.2. The van der Waals surface area contributed by atoms with Crippen molar-refractivity contribution in [3.8, 4) is 0 Å². The summed E-state index contributed by atoms with van der Waals surface area (Å²) >= 11 is 0. The highest BCUT2D eigenvalue weighted by Gasteiger charge is 2.49. The van der Waals surface area contributed by atoms with Gasteiger partial charge in [0.2, 0.25) is 0 Å². The van der Waals surface area contributed by atoms with E-state index < -0.39 is 0 Å². The largest absolute Gasteiger partial charge is 1.00 e. The van der Waals surface area contributed by atoms with Gasteiger partial charge in [-0.2, -0.15) is 6.54 Å². The maximum absolute atomic E-state index is 7.06. The third kappa shape index (κ3) is 71.3. The Hall–Kier alpha value is 0.360. The summed E-state index contributed by atoms with van der Waals surface area (Å²) in [5.41, 5.74) is 7.84. The number of hydrogen-bond donors (Lipinski definition) is 0. The Kier molecular flexibility index (Phi) is 98.9. The number of nitrogens with zero attached hydrogens (tertiary/aromatic N) is 2. The molecular formula is C106H222BrN3. The normalized spacial score (nSPS) is 12.7. The summed E-state index contributed by atoms with van der Waals surface area (Å²) in [5, 5.41) is 0. The van der Waals surface area contributed by atoms with E-state index in [0.717, 1.165) is 18.3 Å². The van der Waals surface area contributed by atoms with Crippen LogP contribution in [0.25, 0.3) is 5.73 Å². The van der Waals surface area contributed by atoms with Gasteiger partial charge in [0, 0.05) is 11.8 Å². The first kappa shape index (κ1) is 117. The van der Waals surface area contributed by atoms with E-state index in [1.165, 1.54) is 555 Å². The SMILES string of the molecule is CCCCCCCCCCCCCCCC[NH-].CCCCCCCCCC[N+](CCCCCCCCCC)(CCCCCCCCCC)C(C)(C)C(CCC)CCCCCCCC.CCCCCCCCCC[N+](CCCCCCCCCC)(CCCCCCCCCC)C(C)(C)C(CCC)CCCCCCCC.[Br-]. The summed E-state index contributed by atoms with van der Waals surface area (Å²) in [5.74, 6) is 1.75. The standard InChI is InChI=1S/2C45H94N.C16H34N.BrH/c2*1-8-13-17-21-25-28-32-36-41-46(42-37-33-29-26-22-18-14-9-2,43-38-34-30-27-23-19-15-10-3)45(6,7)44(39-12-5)40-35-31-24-20-16-11-4;1-2-3-4-5-6-7-8-9-10-11-12-13-14-15-16-17;/h2*44H,8-43H2,1-7H3;17H,2-16H2,1H3;1H/q2*+1;-1;/p-1. The monoisotopic (exact) mass is 1620 g/mol. The molecule has 0 heterocycles. The van der Waals surface area contributed by atoms with E-state index in [1.54, 1.807) is 0 Å². The molecule has 4 heteroatoms. The van der Waals surface area contributed by atoms with Crippen LogP contribution in [0.15, 0.2) is 0 Å². The molecule has 110 heavy (non-hydrogen) atoms. The van der Waals surface area contributed by atoms with Crippen molar-refractivity contribution in [2.45, 2.75) is 629 Å². The second-order valence-corrected chi connectivity index (χ2v) is 38.2. The molecule has 0 fully saturated rings. The lowest BCUT2D eigenvalue weighted by Gasteiger charge is -2.54. The molecule has 2 unspecified atom stereocenters. The van der Waals surface area contributed by atoms with Gasteiger partial charge in [-0.25, -0.2) is 0 Å². The molecule has 0 bridgehead atoms. The van der Waals surface area contributed by atoms with E-state index in [0.29, 0.717) is 17.6 Å². The van der Waals surface area contributed by atoms with Crippen molar-refractivity contribution in [3.05, 3.63) is 5.73 Å². The highest BCUT2D eigenvalue weighted by Crippen LogP contribution is 2.42. The number of nitrogens with one attached hydrogen (secondary N) is 1. The quantitative estimate of drug-likeness (QED) is 0.0428. The fourth-order valence-corrected chi connectivity index (χ4v) is 19.5. The van der Waals surface area contributed by atoms with Gasteiger partial charge >= 0.3 is 0 Å². The Morgan fingerprint density at radius 3 is 0.427 bits per heavy atom. The van der Waals surface area contributed by atoms with E-state index in [1.807, 2.05) is 0 Å². The van der Waals surface area contributed by atoms with Crippen LogP contribution in [0.3, 0.4) is 0 Å². The smallest absolute Gasteiger partial charge is 0.0963 e. The highest BCUT2D eigenvalue weighted by molar-refractivity contribution is 4.84. The fraction of sp³-hybridized carbons (Fsp3) is 1.00.